The number of thioether (sulfide) groups is 1. The molecule has 0 aliphatic heterocycles. The molecule has 0 bridgehead atoms. The van der Waals surface area contributed by atoms with Crippen LogP contribution in [0.3, 0.4) is 0 Å². The van der Waals surface area contributed by atoms with Crippen molar-refractivity contribution in [1.29, 1.82) is 0 Å². The van der Waals surface area contributed by atoms with Crippen LogP contribution in [-0.4, -0.2) is 21.6 Å². The molecule has 1 amide bonds. The highest BCUT2D eigenvalue weighted by Crippen LogP contribution is 2.30. The highest BCUT2D eigenvalue weighted by atomic mass is 32.2. The van der Waals surface area contributed by atoms with Crippen LogP contribution in [0.4, 0.5) is 23.2 Å². The van der Waals surface area contributed by atoms with E-state index in [1.165, 1.54) is 30.3 Å². The first-order valence-electron chi connectivity index (χ1n) is 8.43. The van der Waals surface area contributed by atoms with Gasteiger partial charge in [0.25, 0.3) is 0 Å². The van der Waals surface area contributed by atoms with E-state index < -0.39 is 23.5 Å². The predicted octanol–water partition coefficient (Wildman–Crippen LogP) is 5.34. The van der Waals surface area contributed by atoms with Crippen molar-refractivity contribution in [2.75, 3.05) is 11.1 Å². The van der Waals surface area contributed by atoms with E-state index in [0.29, 0.717) is 16.3 Å². The van der Waals surface area contributed by atoms with Crippen LogP contribution in [0.15, 0.2) is 59.6 Å². The van der Waals surface area contributed by atoms with Crippen molar-refractivity contribution in [3.63, 3.8) is 0 Å². The number of para-hydroxylation sites is 1. The lowest BCUT2D eigenvalue weighted by Gasteiger charge is -2.09. The summed E-state index contributed by atoms with van der Waals surface area (Å²) >= 11 is 1.12. The smallest absolute Gasteiger partial charge is 0.323 e. The first kappa shape index (κ1) is 20.8. The lowest BCUT2D eigenvalue weighted by Crippen LogP contribution is -2.15. The third kappa shape index (κ3) is 5.54. The number of rotatable bonds is 5. The van der Waals surface area contributed by atoms with Gasteiger partial charge in [0.1, 0.15) is 10.8 Å². The van der Waals surface area contributed by atoms with Gasteiger partial charge in [0.05, 0.1) is 17.0 Å². The van der Waals surface area contributed by atoms with Crippen LogP contribution in [0.1, 0.15) is 11.3 Å². The summed E-state index contributed by atoms with van der Waals surface area (Å²) in [5, 5.41) is 2.96. The maximum absolute atomic E-state index is 13.6. The Balaban J connectivity index is 1.70. The van der Waals surface area contributed by atoms with Gasteiger partial charge >= 0.3 is 6.18 Å². The van der Waals surface area contributed by atoms with Crippen LogP contribution in [0.5, 0.6) is 0 Å². The van der Waals surface area contributed by atoms with Gasteiger partial charge in [0, 0.05) is 11.3 Å². The second kappa shape index (κ2) is 8.60. The minimum Gasteiger partial charge on any atom is -0.323 e. The Labute approximate surface area is 168 Å². The van der Waals surface area contributed by atoms with Gasteiger partial charge in [-0.15, -0.1) is 0 Å². The zero-order chi connectivity index (χ0) is 21.0. The number of alkyl halides is 3. The summed E-state index contributed by atoms with van der Waals surface area (Å²) < 4.78 is 51.7. The molecule has 3 rings (SSSR count). The first-order valence-corrected chi connectivity index (χ1v) is 9.41. The third-order valence-corrected chi connectivity index (χ3v) is 4.71. The van der Waals surface area contributed by atoms with Gasteiger partial charge in [-0.3, -0.25) is 4.79 Å². The number of hydrogen-bond acceptors (Lipinski definition) is 4. The van der Waals surface area contributed by atoms with Crippen molar-refractivity contribution in [2.24, 2.45) is 0 Å². The van der Waals surface area contributed by atoms with Crippen LogP contribution in [0.25, 0.3) is 11.4 Å². The Kier molecular flexibility index (Phi) is 6.17. The van der Waals surface area contributed by atoms with Gasteiger partial charge in [-0.25, -0.2) is 14.4 Å². The fourth-order valence-electron chi connectivity index (χ4n) is 2.44. The van der Waals surface area contributed by atoms with E-state index in [1.54, 1.807) is 19.1 Å². The van der Waals surface area contributed by atoms with Crippen LogP contribution >= 0.6 is 11.8 Å². The average Bonchev–Trinajstić information content (AvgIpc) is 2.67. The van der Waals surface area contributed by atoms with Gasteiger partial charge in [-0.05, 0) is 37.3 Å². The number of nitrogens with zero attached hydrogens (tertiary/aromatic N) is 2. The minimum absolute atomic E-state index is 0.0166. The van der Waals surface area contributed by atoms with E-state index in [0.717, 1.165) is 23.9 Å². The number of aromatic nitrogens is 2. The van der Waals surface area contributed by atoms with E-state index in [1.807, 2.05) is 0 Å². The number of benzene rings is 2. The molecule has 2 aromatic carbocycles. The lowest BCUT2D eigenvalue weighted by atomic mass is 10.1. The SMILES string of the molecule is Cc1cc(SCC(=O)Nc2ccccc2F)nc(-c2ccc(C(F)(F)F)cc2)n1. The van der Waals surface area contributed by atoms with Crippen LogP contribution in [0, 0.1) is 12.7 Å². The Morgan fingerprint density at radius 3 is 2.41 bits per heavy atom. The molecule has 0 saturated heterocycles. The number of aryl methyl sites for hydroxylation is 1. The summed E-state index contributed by atoms with van der Waals surface area (Å²) in [4.78, 5) is 20.6. The molecule has 0 atom stereocenters. The third-order valence-electron chi connectivity index (χ3n) is 3.80. The Bertz CT molecular complexity index is 1020. The minimum atomic E-state index is -4.42. The van der Waals surface area contributed by atoms with E-state index in [2.05, 4.69) is 15.3 Å². The van der Waals surface area contributed by atoms with Gasteiger partial charge in [0.2, 0.25) is 5.91 Å². The largest absolute Gasteiger partial charge is 0.416 e. The molecule has 1 N–H and O–H groups in total. The fraction of sp³-hybridized carbons (Fsp3) is 0.150. The van der Waals surface area contributed by atoms with Crippen molar-refractivity contribution >= 4 is 23.4 Å². The zero-order valence-corrected chi connectivity index (χ0v) is 15.9. The molecule has 3 aromatic rings. The monoisotopic (exact) mass is 421 g/mol. The summed E-state index contributed by atoms with van der Waals surface area (Å²) in [7, 11) is 0. The number of nitrogens with one attached hydrogen (secondary N) is 1. The second-order valence-corrected chi connectivity index (χ2v) is 7.06. The molecular weight excluding hydrogens is 406 g/mol. The molecule has 0 unspecified atom stereocenters. The average molecular weight is 421 g/mol. The summed E-state index contributed by atoms with van der Waals surface area (Å²) in [6.45, 7) is 1.72. The number of carbonyl (C=O) groups is 1. The topological polar surface area (TPSA) is 54.9 Å². The molecule has 0 aliphatic carbocycles. The van der Waals surface area contributed by atoms with Gasteiger partial charge in [-0.1, -0.05) is 36.0 Å². The zero-order valence-electron chi connectivity index (χ0n) is 15.1. The van der Waals surface area contributed by atoms with E-state index in [4.69, 9.17) is 0 Å². The van der Waals surface area contributed by atoms with Crippen LogP contribution in [-0.2, 0) is 11.0 Å². The summed E-state index contributed by atoms with van der Waals surface area (Å²) in [6, 6.07) is 12.0. The normalized spacial score (nSPS) is 11.3. The van der Waals surface area contributed by atoms with Crippen molar-refractivity contribution < 1.29 is 22.4 Å². The lowest BCUT2D eigenvalue weighted by molar-refractivity contribution is -0.137. The summed E-state index contributed by atoms with van der Waals surface area (Å²) in [5.74, 6) is -0.700. The van der Waals surface area contributed by atoms with Crippen LogP contribution < -0.4 is 5.32 Å². The van der Waals surface area contributed by atoms with Gasteiger partial charge < -0.3 is 5.32 Å². The van der Waals surface area contributed by atoms with Crippen LogP contribution in [0.2, 0.25) is 0 Å². The molecule has 1 heterocycles. The molecule has 0 fully saturated rings. The molecule has 1 aromatic heterocycles. The van der Waals surface area contributed by atoms with Crippen molar-refractivity contribution in [3.05, 3.63) is 71.7 Å². The molecule has 150 valence electrons. The van der Waals surface area contributed by atoms with Crippen molar-refractivity contribution in [3.8, 4) is 11.4 Å². The quantitative estimate of drug-likeness (QED) is 0.343. The number of halogens is 4. The number of carbonyl (C=O) groups excluding carboxylic acids is 1. The van der Waals surface area contributed by atoms with Crippen molar-refractivity contribution in [1.82, 2.24) is 9.97 Å². The fourth-order valence-corrected chi connectivity index (χ4v) is 3.20. The maximum atomic E-state index is 13.6. The van der Waals surface area contributed by atoms with Gasteiger partial charge in [0.15, 0.2) is 5.82 Å². The van der Waals surface area contributed by atoms with E-state index in [-0.39, 0.29) is 17.3 Å². The number of amides is 1. The number of hydrogen-bond donors (Lipinski definition) is 1. The Morgan fingerprint density at radius 2 is 1.76 bits per heavy atom. The molecule has 4 nitrogen and oxygen atoms in total. The molecule has 0 spiro atoms. The van der Waals surface area contributed by atoms with Gasteiger partial charge in [-0.2, -0.15) is 13.2 Å². The number of anilines is 1. The first-order chi connectivity index (χ1) is 13.7. The highest BCUT2D eigenvalue weighted by Gasteiger charge is 2.30. The molecule has 29 heavy (non-hydrogen) atoms. The highest BCUT2D eigenvalue weighted by molar-refractivity contribution is 7.99. The molecule has 0 aliphatic rings. The Hall–Kier alpha value is -2.94. The Morgan fingerprint density at radius 1 is 1.07 bits per heavy atom. The van der Waals surface area contributed by atoms with E-state index >= 15 is 0 Å². The molecular formula is C20H15F4N3OS. The standard InChI is InChI=1S/C20H15F4N3OS/c1-12-10-18(29-11-17(28)26-16-5-3-2-4-15(16)21)27-19(25-12)13-6-8-14(9-7-13)20(22,23)24/h2-10H,11H2,1H3,(H,26,28). The van der Waals surface area contributed by atoms with E-state index in [9.17, 15) is 22.4 Å². The second-order valence-electron chi connectivity index (χ2n) is 6.06. The molecule has 0 saturated carbocycles. The van der Waals surface area contributed by atoms with Crippen molar-refractivity contribution in [2.45, 2.75) is 18.1 Å². The predicted molar refractivity (Wildman–Crippen MR) is 103 cm³/mol. The molecule has 9 heteroatoms. The summed E-state index contributed by atoms with van der Waals surface area (Å²) in [6.07, 6.45) is -4.42. The summed E-state index contributed by atoms with van der Waals surface area (Å²) in [5.41, 5.74) is 0.363. The molecule has 0 radical (unpaired) electrons. The maximum Gasteiger partial charge on any atom is 0.416 e.